The van der Waals surface area contributed by atoms with Crippen LogP contribution in [0.15, 0.2) is 64.5 Å². The third-order valence-corrected chi connectivity index (χ3v) is 7.80. The van der Waals surface area contributed by atoms with Gasteiger partial charge in [-0.15, -0.1) is 0 Å². The molecule has 11 heteroatoms. The molecule has 0 bridgehead atoms. The van der Waals surface area contributed by atoms with Crippen LogP contribution in [0.5, 0.6) is 0 Å². The predicted octanol–water partition coefficient (Wildman–Crippen LogP) is 1.46. The molecule has 2 aliphatic heterocycles. The number of guanidine groups is 1. The fourth-order valence-corrected chi connectivity index (χ4v) is 5.55. The van der Waals surface area contributed by atoms with Crippen molar-refractivity contribution in [3.8, 4) is 0 Å². The molecule has 4 rings (SSSR count). The van der Waals surface area contributed by atoms with E-state index in [0.29, 0.717) is 12.6 Å². The second-order valence-electron chi connectivity index (χ2n) is 9.05. The molecular weight excluding hydrogens is 480 g/mol. The Hall–Kier alpha value is -3.15. The average Bonchev–Trinajstić information content (AvgIpc) is 2.89. The molecule has 10 nitrogen and oxygen atoms in total. The zero-order valence-corrected chi connectivity index (χ0v) is 21.0. The number of benzene rings is 2. The second kappa shape index (κ2) is 12.2. The molecular formula is C25H34N6O4S. The van der Waals surface area contributed by atoms with Crippen molar-refractivity contribution in [2.75, 3.05) is 31.1 Å². The van der Waals surface area contributed by atoms with E-state index in [0.717, 1.165) is 62.7 Å². The summed E-state index contributed by atoms with van der Waals surface area (Å²) >= 11 is 0. The van der Waals surface area contributed by atoms with Gasteiger partial charge in [0.25, 0.3) is 0 Å². The van der Waals surface area contributed by atoms with Gasteiger partial charge in [0.05, 0.1) is 17.5 Å². The van der Waals surface area contributed by atoms with Crippen molar-refractivity contribution in [1.29, 1.82) is 0 Å². The number of hydrogen-bond donors (Lipinski definition) is 5. The Morgan fingerprint density at radius 3 is 2.47 bits per heavy atom. The van der Waals surface area contributed by atoms with Gasteiger partial charge in [-0.3, -0.25) is 15.1 Å². The Morgan fingerprint density at radius 2 is 1.83 bits per heavy atom. The molecule has 1 saturated heterocycles. The number of sulfonamides is 1. The van der Waals surface area contributed by atoms with Crippen molar-refractivity contribution in [2.24, 2.45) is 4.99 Å². The van der Waals surface area contributed by atoms with E-state index in [-0.39, 0.29) is 11.3 Å². The lowest BCUT2D eigenvalue weighted by molar-refractivity contribution is -0.137. The van der Waals surface area contributed by atoms with Crippen LogP contribution in [-0.2, 0) is 21.4 Å². The maximum Gasteiger partial charge on any atom is 0.306 e. The lowest BCUT2D eigenvalue weighted by Gasteiger charge is -2.35. The summed E-state index contributed by atoms with van der Waals surface area (Å²) < 4.78 is 27.7. The van der Waals surface area contributed by atoms with E-state index in [1.54, 1.807) is 18.2 Å². The predicted molar refractivity (Wildman–Crippen MR) is 139 cm³/mol. The standard InChI is InChI=1S/C25H34N6O4S/c32-24(33)17-23(30-36(34,35)22-5-2-1-3-6-22)28-18-19-7-9-21(10-8-19)31-15-11-20(12-16-31)29-25-26-13-4-14-27-25/h1-3,5-10,20,23,28,30H,4,11-18H2,(H,32,33)(H2,26,27,29). The maximum atomic E-state index is 12.6. The molecule has 2 aromatic rings. The second-order valence-corrected chi connectivity index (χ2v) is 10.8. The van der Waals surface area contributed by atoms with E-state index in [4.69, 9.17) is 0 Å². The first-order valence-electron chi connectivity index (χ1n) is 12.3. The number of aliphatic carboxylic acids is 1. The summed E-state index contributed by atoms with van der Waals surface area (Å²) in [5, 5.41) is 19.1. The van der Waals surface area contributed by atoms with Crippen LogP contribution in [0.2, 0.25) is 0 Å². The fraction of sp³-hybridized carbons (Fsp3) is 0.440. The van der Waals surface area contributed by atoms with Crippen molar-refractivity contribution in [3.63, 3.8) is 0 Å². The van der Waals surface area contributed by atoms with Gasteiger partial charge < -0.3 is 20.6 Å². The number of carboxylic acid groups (broad SMARTS) is 1. The average molecular weight is 515 g/mol. The van der Waals surface area contributed by atoms with Gasteiger partial charge in [0, 0.05) is 44.5 Å². The van der Waals surface area contributed by atoms with Crippen molar-refractivity contribution in [1.82, 2.24) is 20.7 Å². The van der Waals surface area contributed by atoms with E-state index in [9.17, 15) is 18.3 Å². The highest BCUT2D eigenvalue weighted by Crippen LogP contribution is 2.21. The number of aliphatic imine (C=N–C) groups is 1. The molecule has 5 N–H and O–H groups in total. The Bertz CT molecular complexity index is 1130. The van der Waals surface area contributed by atoms with Crippen LogP contribution in [-0.4, -0.2) is 63.8 Å². The number of hydrogen-bond acceptors (Lipinski definition) is 8. The maximum absolute atomic E-state index is 12.6. The summed E-state index contributed by atoms with van der Waals surface area (Å²) in [6.07, 6.45) is 1.82. The van der Waals surface area contributed by atoms with E-state index < -0.39 is 22.2 Å². The molecule has 2 aromatic carbocycles. The van der Waals surface area contributed by atoms with Crippen molar-refractivity contribution in [2.45, 2.75) is 49.3 Å². The van der Waals surface area contributed by atoms with Gasteiger partial charge in [0.2, 0.25) is 10.0 Å². The molecule has 2 aliphatic rings. The first kappa shape index (κ1) is 25.9. The van der Waals surface area contributed by atoms with E-state index >= 15 is 0 Å². The minimum absolute atomic E-state index is 0.0912. The number of rotatable bonds is 10. The normalized spacial score (nSPS) is 17.7. The Balaban J connectivity index is 1.28. The lowest BCUT2D eigenvalue weighted by atomic mass is 10.0. The smallest absolute Gasteiger partial charge is 0.306 e. The van der Waals surface area contributed by atoms with Crippen molar-refractivity contribution in [3.05, 3.63) is 60.2 Å². The monoisotopic (exact) mass is 514 g/mol. The summed E-state index contributed by atoms with van der Waals surface area (Å²) in [6, 6.07) is 16.4. The fourth-order valence-electron chi connectivity index (χ4n) is 4.36. The van der Waals surface area contributed by atoms with Gasteiger partial charge in [-0.2, -0.15) is 4.72 Å². The summed E-state index contributed by atoms with van der Waals surface area (Å²) in [6.45, 7) is 4.08. The van der Waals surface area contributed by atoms with Crippen LogP contribution >= 0.6 is 0 Å². The lowest BCUT2D eigenvalue weighted by Crippen LogP contribution is -2.50. The van der Waals surface area contributed by atoms with Crippen LogP contribution in [0.25, 0.3) is 0 Å². The largest absolute Gasteiger partial charge is 0.481 e. The number of carbonyl (C=O) groups is 1. The molecule has 1 unspecified atom stereocenters. The van der Waals surface area contributed by atoms with Gasteiger partial charge in [0.15, 0.2) is 5.96 Å². The van der Waals surface area contributed by atoms with Gasteiger partial charge in [-0.25, -0.2) is 8.42 Å². The molecule has 0 radical (unpaired) electrons. The third kappa shape index (κ3) is 7.42. The van der Waals surface area contributed by atoms with Gasteiger partial charge in [-0.05, 0) is 49.1 Å². The Kier molecular flexibility index (Phi) is 8.79. The number of anilines is 1. The zero-order chi connectivity index (χ0) is 25.4. The number of nitrogens with zero attached hydrogens (tertiary/aromatic N) is 2. The van der Waals surface area contributed by atoms with Crippen molar-refractivity contribution >= 4 is 27.6 Å². The van der Waals surface area contributed by atoms with E-state index in [2.05, 4.69) is 42.7 Å². The summed E-state index contributed by atoms with van der Waals surface area (Å²) in [4.78, 5) is 18.2. The summed E-state index contributed by atoms with van der Waals surface area (Å²) in [5.74, 6) is -0.174. The van der Waals surface area contributed by atoms with Gasteiger partial charge in [0.1, 0.15) is 0 Å². The highest BCUT2D eigenvalue weighted by atomic mass is 32.2. The molecule has 0 spiro atoms. The number of nitrogens with one attached hydrogen (secondary N) is 4. The van der Waals surface area contributed by atoms with Crippen LogP contribution in [0.1, 0.15) is 31.2 Å². The molecule has 1 fully saturated rings. The van der Waals surface area contributed by atoms with Crippen LogP contribution in [0, 0.1) is 0 Å². The minimum Gasteiger partial charge on any atom is -0.481 e. The first-order valence-corrected chi connectivity index (χ1v) is 13.8. The first-order chi connectivity index (χ1) is 17.4. The minimum atomic E-state index is -3.84. The molecule has 0 aromatic heterocycles. The zero-order valence-electron chi connectivity index (χ0n) is 20.2. The molecule has 0 amide bonds. The van der Waals surface area contributed by atoms with E-state index in [1.165, 1.54) is 12.1 Å². The van der Waals surface area contributed by atoms with Gasteiger partial charge >= 0.3 is 5.97 Å². The Labute approximate surface area is 212 Å². The van der Waals surface area contributed by atoms with E-state index in [1.807, 2.05) is 12.1 Å². The van der Waals surface area contributed by atoms with Crippen LogP contribution in [0.3, 0.4) is 0 Å². The molecule has 36 heavy (non-hydrogen) atoms. The topological polar surface area (TPSA) is 135 Å². The third-order valence-electron chi connectivity index (χ3n) is 6.32. The molecule has 194 valence electrons. The highest BCUT2D eigenvalue weighted by molar-refractivity contribution is 7.89. The van der Waals surface area contributed by atoms with Crippen LogP contribution < -0.4 is 25.6 Å². The quantitative estimate of drug-likeness (QED) is 0.301. The highest BCUT2D eigenvalue weighted by Gasteiger charge is 2.23. The Morgan fingerprint density at radius 1 is 1.11 bits per heavy atom. The summed E-state index contributed by atoms with van der Waals surface area (Å²) in [5.41, 5.74) is 2.07. The number of carboxylic acids is 1. The van der Waals surface area contributed by atoms with Crippen molar-refractivity contribution < 1.29 is 18.3 Å². The number of piperidine rings is 1. The molecule has 0 saturated carbocycles. The molecule has 0 aliphatic carbocycles. The van der Waals surface area contributed by atoms with Crippen LogP contribution in [0.4, 0.5) is 5.69 Å². The van der Waals surface area contributed by atoms with Gasteiger partial charge in [-0.1, -0.05) is 30.3 Å². The molecule has 1 atom stereocenters. The SMILES string of the molecule is O=C(O)CC(NCc1ccc(N2CCC(NC3=NCCCN3)CC2)cc1)NS(=O)(=O)c1ccccc1. The summed E-state index contributed by atoms with van der Waals surface area (Å²) in [7, 11) is -3.84. The molecule has 2 heterocycles.